The van der Waals surface area contributed by atoms with E-state index in [9.17, 15) is 9.59 Å². The number of carboxylic acid groups (broad SMARTS) is 1. The number of carbonyl (C=O) groups is 1. The zero-order chi connectivity index (χ0) is 14.8. The first kappa shape index (κ1) is 13.3. The molecule has 0 spiro atoms. The average Bonchev–Trinajstić information content (AvgIpc) is 2.83. The summed E-state index contributed by atoms with van der Waals surface area (Å²) in [5.41, 5.74) is 1.51. The highest BCUT2D eigenvalue weighted by Gasteiger charge is 2.08. The van der Waals surface area contributed by atoms with Crippen molar-refractivity contribution < 1.29 is 9.90 Å². The van der Waals surface area contributed by atoms with E-state index in [1.807, 2.05) is 24.3 Å². The first-order valence-corrected chi connectivity index (χ1v) is 7.05. The van der Waals surface area contributed by atoms with Crippen molar-refractivity contribution in [1.82, 2.24) is 3.96 Å². The molecule has 0 aliphatic rings. The maximum Gasteiger partial charge on any atom is 0.328 e. The van der Waals surface area contributed by atoms with E-state index in [1.165, 1.54) is 17.6 Å². The number of hydrogen-bond acceptors (Lipinski definition) is 3. The summed E-state index contributed by atoms with van der Waals surface area (Å²) >= 11 is 1.39. The van der Waals surface area contributed by atoms with Gasteiger partial charge in [0.1, 0.15) is 0 Å². The molecule has 1 N–H and O–H groups in total. The SMILES string of the molecule is O=C(O)/C=C/c1ccc(-n2sc3ccccc3c2=O)cc1. The molecule has 0 aliphatic carbocycles. The number of fused-ring (bicyclic) bond motifs is 1. The first-order chi connectivity index (χ1) is 10.1. The van der Waals surface area contributed by atoms with Crippen molar-refractivity contribution in [2.24, 2.45) is 0 Å². The normalized spacial score (nSPS) is 11.2. The van der Waals surface area contributed by atoms with Gasteiger partial charge in [-0.05, 0) is 35.9 Å². The molecule has 2 aromatic carbocycles. The van der Waals surface area contributed by atoms with Crippen molar-refractivity contribution >= 4 is 33.7 Å². The van der Waals surface area contributed by atoms with Gasteiger partial charge in [-0.2, -0.15) is 0 Å². The topological polar surface area (TPSA) is 59.3 Å². The first-order valence-electron chi connectivity index (χ1n) is 6.28. The third-order valence-electron chi connectivity index (χ3n) is 3.04. The summed E-state index contributed by atoms with van der Waals surface area (Å²) in [5, 5.41) is 9.30. The summed E-state index contributed by atoms with van der Waals surface area (Å²) in [6.07, 6.45) is 2.60. The third kappa shape index (κ3) is 2.64. The molecule has 0 amide bonds. The van der Waals surface area contributed by atoms with Gasteiger partial charge in [0.15, 0.2) is 0 Å². The van der Waals surface area contributed by atoms with Crippen LogP contribution >= 0.6 is 11.5 Å². The van der Waals surface area contributed by atoms with Gasteiger partial charge in [-0.15, -0.1) is 0 Å². The predicted octanol–water partition coefficient (Wildman–Crippen LogP) is 3.15. The van der Waals surface area contributed by atoms with E-state index >= 15 is 0 Å². The molecule has 0 atom stereocenters. The number of nitrogens with zero attached hydrogens (tertiary/aromatic N) is 1. The molecule has 0 saturated heterocycles. The number of carboxylic acids is 1. The van der Waals surface area contributed by atoms with Gasteiger partial charge < -0.3 is 5.11 Å². The maximum absolute atomic E-state index is 12.3. The summed E-state index contributed by atoms with van der Waals surface area (Å²) < 4.78 is 2.58. The van der Waals surface area contributed by atoms with Crippen molar-refractivity contribution in [3.63, 3.8) is 0 Å². The van der Waals surface area contributed by atoms with Gasteiger partial charge in [0.2, 0.25) is 0 Å². The second kappa shape index (κ2) is 5.38. The van der Waals surface area contributed by atoms with E-state index in [4.69, 9.17) is 5.11 Å². The van der Waals surface area contributed by atoms with Crippen molar-refractivity contribution in [2.45, 2.75) is 0 Å². The summed E-state index contributed by atoms with van der Waals surface area (Å²) in [7, 11) is 0. The molecule has 0 saturated carbocycles. The monoisotopic (exact) mass is 297 g/mol. The molecule has 21 heavy (non-hydrogen) atoms. The highest BCUT2D eigenvalue weighted by molar-refractivity contribution is 7.14. The lowest BCUT2D eigenvalue weighted by Crippen LogP contribution is -2.10. The Labute approximate surface area is 124 Å². The number of benzene rings is 2. The Morgan fingerprint density at radius 3 is 2.48 bits per heavy atom. The van der Waals surface area contributed by atoms with Crippen LogP contribution in [0.3, 0.4) is 0 Å². The Bertz CT molecular complexity index is 888. The van der Waals surface area contributed by atoms with Gasteiger partial charge >= 0.3 is 5.97 Å². The summed E-state index contributed by atoms with van der Waals surface area (Å²) in [6, 6.07) is 14.7. The van der Waals surface area contributed by atoms with E-state index in [-0.39, 0.29) is 5.56 Å². The lowest BCUT2D eigenvalue weighted by Gasteiger charge is -2.00. The molecule has 1 aromatic heterocycles. The summed E-state index contributed by atoms with van der Waals surface area (Å²) in [6.45, 7) is 0. The average molecular weight is 297 g/mol. The molecular weight excluding hydrogens is 286 g/mol. The number of aromatic nitrogens is 1. The highest BCUT2D eigenvalue weighted by Crippen LogP contribution is 2.20. The maximum atomic E-state index is 12.3. The Morgan fingerprint density at radius 2 is 1.81 bits per heavy atom. The van der Waals surface area contributed by atoms with E-state index in [2.05, 4.69) is 0 Å². The van der Waals surface area contributed by atoms with Crippen LogP contribution in [0.2, 0.25) is 0 Å². The van der Waals surface area contributed by atoms with E-state index in [1.54, 1.807) is 28.2 Å². The molecule has 0 bridgehead atoms. The van der Waals surface area contributed by atoms with Gasteiger partial charge in [-0.25, -0.2) is 8.75 Å². The third-order valence-corrected chi connectivity index (χ3v) is 4.15. The fourth-order valence-corrected chi connectivity index (χ4v) is 3.03. The van der Waals surface area contributed by atoms with Gasteiger partial charge in [-0.3, -0.25) is 4.79 Å². The van der Waals surface area contributed by atoms with Crippen molar-refractivity contribution in [2.75, 3.05) is 0 Å². The molecule has 3 rings (SSSR count). The minimum absolute atomic E-state index is 0.0376. The van der Waals surface area contributed by atoms with Gasteiger partial charge in [0, 0.05) is 6.08 Å². The standard InChI is InChI=1S/C16H11NO3S/c18-15(19)10-7-11-5-8-12(9-6-11)17-16(20)13-3-1-2-4-14(13)21-17/h1-10H,(H,18,19)/b10-7+. The minimum atomic E-state index is -0.986. The van der Waals surface area contributed by atoms with Crippen LogP contribution in [0.25, 0.3) is 21.8 Å². The van der Waals surface area contributed by atoms with Crippen LogP contribution in [-0.2, 0) is 4.79 Å². The fraction of sp³-hybridized carbons (Fsp3) is 0. The molecule has 104 valence electrons. The van der Waals surface area contributed by atoms with Crippen molar-refractivity contribution in [1.29, 1.82) is 0 Å². The van der Waals surface area contributed by atoms with Crippen LogP contribution in [0.4, 0.5) is 0 Å². The van der Waals surface area contributed by atoms with Crippen molar-refractivity contribution in [3.05, 3.63) is 70.5 Å². The largest absolute Gasteiger partial charge is 0.478 e. The van der Waals surface area contributed by atoms with Crippen LogP contribution in [-0.4, -0.2) is 15.0 Å². The van der Waals surface area contributed by atoms with Crippen molar-refractivity contribution in [3.8, 4) is 5.69 Å². The Kier molecular flexibility index (Phi) is 3.41. The molecule has 5 heteroatoms. The lowest BCUT2D eigenvalue weighted by molar-refractivity contribution is -0.131. The Balaban J connectivity index is 2.01. The zero-order valence-corrected chi connectivity index (χ0v) is 11.7. The summed E-state index contributed by atoms with van der Waals surface area (Å²) in [5.74, 6) is -0.986. The smallest absolute Gasteiger partial charge is 0.328 e. The molecular formula is C16H11NO3S. The Morgan fingerprint density at radius 1 is 1.10 bits per heavy atom. The zero-order valence-electron chi connectivity index (χ0n) is 10.9. The van der Waals surface area contributed by atoms with Crippen LogP contribution in [0.1, 0.15) is 5.56 Å². The van der Waals surface area contributed by atoms with Crippen LogP contribution in [0, 0.1) is 0 Å². The molecule has 3 aromatic rings. The van der Waals surface area contributed by atoms with E-state index in [0.29, 0.717) is 5.39 Å². The Hall–Kier alpha value is -2.66. The molecule has 4 nitrogen and oxygen atoms in total. The quantitative estimate of drug-likeness (QED) is 0.755. The van der Waals surface area contributed by atoms with Gasteiger partial charge in [0.05, 0.1) is 15.8 Å². The second-order valence-electron chi connectivity index (χ2n) is 4.45. The number of rotatable bonds is 3. The molecule has 0 radical (unpaired) electrons. The van der Waals surface area contributed by atoms with Crippen LogP contribution in [0.15, 0.2) is 59.4 Å². The second-order valence-corrected chi connectivity index (χ2v) is 5.44. The molecule has 1 heterocycles. The fourth-order valence-electron chi connectivity index (χ4n) is 2.03. The molecule has 0 aliphatic heterocycles. The highest BCUT2D eigenvalue weighted by atomic mass is 32.1. The van der Waals surface area contributed by atoms with Gasteiger partial charge in [-0.1, -0.05) is 35.8 Å². The molecule has 0 fully saturated rings. The van der Waals surface area contributed by atoms with Crippen LogP contribution < -0.4 is 5.56 Å². The summed E-state index contributed by atoms with van der Waals surface area (Å²) in [4.78, 5) is 22.8. The van der Waals surface area contributed by atoms with Crippen LogP contribution in [0.5, 0.6) is 0 Å². The van der Waals surface area contributed by atoms with E-state index < -0.39 is 5.97 Å². The van der Waals surface area contributed by atoms with Gasteiger partial charge in [0.25, 0.3) is 5.56 Å². The minimum Gasteiger partial charge on any atom is -0.478 e. The molecule has 0 unspecified atom stereocenters. The van der Waals surface area contributed by atoms with E-state index in [0.717, 1.165) is 22.0 Å². The predicted molar refractivity (Wildman–Crippen MR) is 84.1 cm³/mol. The lowest BCUT2D eigenvalue weighted by atomic mass is 10.2. The number of aliphatic carboxylic acids is 1. The number of hydrogen-bond donors (Lipinski definition) is 1.